The molecular formula is C21H22FN3O2. The van der Waals surface area contributed by atoms with Crippen LogP contribution in [0.5, 0.6) is 5.75 Å². The van der Waals surface area contributed by atoms with Crippen LogP contribution in [0.15, 0.2) is 59.2 Å². The van der Waals surface area contributed by atoms with Gasteiger partial charge in [-0.15, -0.1) is 0 Å². The van der Waals surface area contributed by atoms with Crippen molar-refractivity contribution in [2.45, 2.75) is 12.6 Å². The summed E-state index contributed by atoms with van der Waals surface area (Å²) in [5, 5.41) is 3.56. The molecule has 1 fully saturated rings. The fraction of sp³-hybridized carbons (Fsp3) is 0.286. The van der Waals surface area contributed by atoms with Crippen molar-refractivity contribution in [3.63, 3.8) is 0 Å². The monoisotopic (exact) mass is 367 g/mol. The average Bonchev–Trinajstić information content (AvgIpc) is 3.17. The number of piperazine rings is 1. The van der Waals surface area contributed by atoms with Gasteiger partial charge < -0.3 is 14.5 Å². The number of hydrogen-bond donors (Lipinski definition) is 1. The van der Waals surface area contributed by atoms with E-state index in [1.165, 1.54) is 17.7 Å². The zero-order valence-corrected chi connectivity index (χ0v) is 15.2. The van der Waals surface area contributed by atoms with E-state index in [2.05, 4.69) is 27.3 Å². The van der Waals surface area contributed by atoms with E-state index >= 15 is 0 Å². The van der Waals surface area contributed by atoms with Crippen LogP contribution in [0.4, 0.5) is 4.39 Å². The average molecular weight is 367 g/mol. The minimum absolute atomic E-state index is 0.248. The second-order valence-electron chi connectivity index (χ2n) is 6.67. The van der Waals surface area contributed by atoms with Crippen molar-refractivity contribution >= 4 is 0 Å². The van der Waals surface area contributed by atoms with Crippen LogP contribution in [0.25, 0.3) is 11.5 Å². The Balaban J connectivity index is 1.43. The molecule has 4 rings (SSSR count). The number of hydrogen-bond acceptors (Lipinski definition) is 5. The highest BCUT2D eigenvalue weighted by atomic mass is 19.1. The number of aromatic nitrogens is 1. The smallest absolute Gasteiger partial charge is 0.226 e. The summed E-state index contributed by atoms with van der Waals surface area (Å²) in [5.74, 6) is 1.12. The number of oxazole rings is 1. The van der Waals surface area contributed by atoms with Gasteiger partial charge in [-0.1, -0.05) is 12.1 Å². The van der Waals surface area contributed by atoms with Crippen LogP contribution >= 0.6 is 0 Å². The minimum atomic E-state index is -0.269. The highest BCUT2D eigenvalue weighted by Crippen LogP contribution is 2.24. The van der Waals surface area contributed by atoms with Crippen molar-refractivity contribution in [1.82, 2.24) is 15.2 Å². The first-order valence-electron chi connectivity index (χ1n) is 9.01. The van der Waals surface area contributed by atoms with Crippen molar-refractivity contribution in [2.75, 3.05) is 26.7 Å². The first-order valence-corrected chi connectivity index (χ1v) is 9.01. The Kier molecular flexibility index (Phi) is 5.18. The predicted octanol–water partition coefficient (Wildman–Crippen LogP) is 3.64. The van der Waals surface area contributed by atoms with Gasteiger partial charge in [0.25, 0.3) is 0 Å². The second-order valence-corrected chi connectivity index (χ2v) is 6.67. The Labute approximate surface area is 157 Å². The molecule has 2 heterocycles. The van der Waals surface area contributed by atoms with Crippen LogP contribution in [0, 0.1) is 5.82 Å². The summed E-state index contributed by atoms with van der Waals surface area (Å²) < 4.78 is 24.0. The Morgan fingerprint density at radius 2 is 2.11 bits per heavy atom. The topological polar surface area (TPSA) is 50.5 Å². The van der Waals surface area contributed by atoms with Crippen LogP contribution in [0.3, 0.4) is 0 Å². The molecule has 6 heteroatoms. The summed E-state index contributed by atoms with van der Waals surface area (Å²) >= 11 is 0. The van der Waals surface area contributed by atoms with E-state index in [0.717, 1.165) is 36.6 Å². The number of halogens is 1. The molecule has 1 saturated heterocycles. The fourth-order valence-corrected chi connectivity index (χ4v) is 3.37. The molecule has 1 aromatic heterocycles. The Morgan fingerprint density at radius 3 is 2.93 bits per heavy atom. The first kappa shape index (κ1) is 17.7. The second kappa shape index (κ2) is 7.90. The molecule has 0 spiro atoms. The van der Waals surface area contributed by atoms with Gasteiger partial charge in [0, 0.05) is 37.8 Å². The molecule has 1 aliphatic rings. The third kappa shape index (κ3) is 4.18. The number of nitrogens with zero attached hydrogens (tertiary/aromatic N) is 2. The standard InChI is InChI=1S/C21H22FN3O2/c1-26-19-4-2-3-16(11-19)20-13-25(10-9-23-20)12-18-14-27-21(24-18)15-5-7-17(22)8-6-15/h2-8,11,14,20,23H,9-10,12-13H2,1H3. The number of benzene rings is 2. The molecule has 1 atom stereocenters. The van der Waals surface area contributed by atoms with Crippen LogP contribution in [0.2, 0.25) is 0 Å². The van der Waals surface area contributed by atoms with Gasteiger partial charge in [-0.05, 0) is 42.0 Å². The molecule has 27 heavy (non-hydrogen) atoms. The molecule has 1 aliphatic heterocycles. The van der Waals surface area contributed by atoms with Crippen LogP contribution in [0.1, 0.15) is 17.3 Å². The molecular weight excluding hydrogens is 345 g/mol. The normalized spacial score (nSPS) is 17.8. The summed E-state index contributed by atoms with van der Waals surface area (Å²) in [7, 11) is 1.68. The predicted molar refractivity (Wildman–Crippen MR) is 101 cm³/mol. The summed E-state index contributed by atoms with van der Waals surface area (Å²) in [5.41, 5.74) is 2.86. The number of methoxy groups -OCH3 is 1. The summed E-state index contributed by atoms with van der Waals surface area (Å²) in [4.78, 5) is 6.91. The highest BCUT2D eigenvalue weighted by Gasteiger charge is 2.22. The van der Waals surface area contributed by atoms with Gasteiger partial charge in [0.15, 0.2) is 0 Å². The third-order valence-corrected chi connectivity index (χ3v) is 4.78. The van der Waals surface area contributed by atoms with Gasteiger partial charge in [-0.3, -0.25) is 4.90 Å². The largest absolute Gasteiger partial charge is 0.497 e. The maximum absolute atomic E-state index is 13.1. The van der Waals surface area contributed by atoms with Gasteiger partial charge in [0.2, 0.25) is 5.89 Å². The fourth-order valence-electron chi connectivity index (χ4n) is 3.37. The minimum Gasteiger partial charge on any atom is -0.497 e. The molecule has 2 aromatic carbocycles. The molecule has 0 amide bonds. The Hall–Kier alpha value is -2.70. The lowest BCUT2D eigenvalue weighted by Gasteiger charge is -2.33. The zero-order valence-electron chi connectivity index (χ0n) is 15.2. The number of ether oxygens (including phenoxy) is 1. The van der Waals surface area contributed by atoms with Crippen molar-refractivity contribution < 1.29 is 13.5 Å². The Morgan fingerprint density at radius 1 is 1.26 bits per heavy atom. The van der Waals surface area contributed by atoms with E-state index in [9.17, 15) is 4.39 Å². The van der Waals surface area contributed by atoms with Gasteiger partial charge in [0.1, 0.15) is 17.8 Å². The lowest BCUT2D eigenvalue weighted by atomic mass is 10.0. The summed E-state index contributed by atoms with van der Waals surface area (Å²) in [6.45, 7) is 3.45. The Bertz CT molecular complexity index is 894. The van der Waals surface area contributed by atoms with E-state index in [1.807, 2.05) is 12.1 Å². The molecule has 5 nitrogen and oxygen atoms in total. The van der Waals surface area contributed by atoms with Crippen molar-refractivity contribution in [2.24, 2.45) is 0 Å². The summed E-state index contributed by atoms with van der Waals surface area (Å²) in [6, 6.07) is 14.6. The molecule has 1 unspecified atom stereocenters. The van der Waals surface area contributed by atoms with Crippen molar-refractivity contribution in [3.8, 4) is 17.2 Å². The molecule has 0 radical (unpaired) electrons. The maximum Gasteiger partial charge on any atom is 0.226 e. The van der Waals surface area contributed by atoms with E-state index in [4.69, 9.17) is 9.15 Å². The van der Waals surface area contributed by atoms with Crippen molar-refractivity contribution in [3.05, 3.63) is 71.9 Å². The summed E-state index contributed by atoms with van der Waals surface area (Å²) in [6.07, 6.45) is 1.68. The lowest BCUT2D eigenvalue weighted by molar-refractivity contribution is 0.191. The van der Waals surface area contributed by atoms with Gasteiger partial charge in [-0.2, -0.15) is 0 Å². The third-order valence-electron chi connectivity index (χ3n) is 4.78. The van der Waals surface area contributed by atoms with E-state index < -0.39 is 0 Å². The van der Waals surface area contributed by atoms with Gasteiger partial charge in [0.05, 0.1) is 12.8 Å². The number of nitrogens with one attached hydrogen (secondary N) is 1. The quantitative estimate of drug-likeness (QED) is 0.746. The molecule has 0 aliphatic carbocycles. The lowest BCUT2D eigenvalue weighted by Crippen LogP contribution is -2.45. The van der Waals surface area contributed by atoms with Crippen LogP contribution in [-0.2, 0) is 6.54 Å². The van der Waals surface area contributed by atoms with E-state index in [1.54, 1.807) is 25.5 Å². The zero-order chi connectivity index (χ0) is 18.6. The first-order chi connectivity index (χ1) is 13.2. The van der Waals surface area contributed by atoms with Crippen molar-refractivity contribution in [1.29, 1.82) is 0 Å². The molecule has 0 saturated carbocycles. The molecule has 140 valence electrons. The van der Waals surface area contributed by atoms with Gasteiger partial charge >= 0.3 is 0 Å². The molecule has 0 bridgehead atoms. The highest BCUT2D eigenvalue weighted by molar-refractivity contribution is 5.52. The van der Waals surface area contributed by atoms with Gasteiger partial charge in [-0.25, -0.2) is 9.37 Å². The maximum atomic E-state index is 13.1. The van der Waals surface area contributed by atoms with Crippen LogP contribution in [-0.4, -0.2) is 36.6 Å². The molecule has 3 aromatic rings. The van der Waals surface area contributed by atoms with E-state index in [0.29, 0.717) is 12.4 Å². The SMILES string of the molecule is COc1cccc(C2CN(Cc3coc(-c4ccc(F)cc4)n3)CCN2)c1. The van der Waals surface area contributed by atoms with Crippen LogP contribution < -0.4 is 10.1 Å². The number of rotatable bonds is 5. The van der Waals surface area contributed by atoms with E-state index in [-0.39, 0.29) is 11.9 Å². The molecule has 1 N–H and O–H groups in total.